The van der Waals surface area contributed by atoms with Gasteiger partial charge in [-0.15, -0.1) is 0 Å². The van der Waals surface area contributed by atoms with E-state index < -0.39 is 0 Å². The molecule has 25 heavy (non-hydrogen) atoms. The summed E-state index contributed by atoms with van der Waals surface area (Å²) in [6.45, 7) is 7.71. The molecule has 0 aliphatic carbocycles. The fourth-order valence-corrected chi connectivity index (χ4v) is 3.04. The first kappa shape index (κ1) is 17.5. The SMILES string of the molecule is CC(C)CCNc1ccnc(Nc2ccc(N3CCCCC3)cc2)n1. The topological polar surface area (TPSA) is 53.1 Å². The highest BCUT2D eigenvalue weighted by Gasteiger charge is 2.10. The molecule has 0 saturated carbocycles. The third-order valence-electron chi connectivity index (χ3n) is 4.53. The number of piperidine rings is 1. The van der Waals surface area contributed by atoms with E-state index in [1.165, 1.54) is 38.0 Å². The molecule has 2 heterocycles. The molecule has 5 nitrogen and oxygen atoms in total. The Kier molecular flexibility index (Phi) is 6.09. The summed E-state index contributed by atoms with van der Waals surface area (Å²) >= 11 is 0. The highest BCUT2D eigenvalue weighted by Crippen LogP contribution is 2.23. The van der Waals surface area contributed by atoms with Crippen LogP contribution in [-0.2, 0) is 0 Å². The van der Waals surface area contributed by atoms with E-state index in [0.717, 1.165) is 24.5 Å². The highest BCUT2D eigenvalue weighted by atomic mass is 15.1. The lowest BCUT2D eigenvalue weighted by atomic mass is 10.1. The summed E-state index contributed by atoms with van der Waals surface area (Å²) in [6, 6.07) is 10.5. The van der Waals surface area contributed by atoms with E-state index in [-0.39, 0.29) is 0 Å². The number of anilines is 4. The van der Waals surface area contributed by atoms with Crippen molar-refractivity contribution in [3.8, 4) is 0 Å². The number of aromatic nitrogens is 2. The molecule has 0 spiro atoms. The van der Waals surface area contributed by atoms with Gasteiger partial charge in [-0.25, -0.2) is 4.98 Å². The van der Waals surface area contributed by atoms with Gasteiger partial charge in [0.25, 0.3) is 0 Å². The third kappa shape index (κ3) is 5.34. The van der Waals surface area contributed by atoms with Crippen LogP contribution in [0.15, 0.2) is 36.5 Å². The maximum atomic E-state index is 4.53. The van der Waals surface area contributed by atoms with Crippen LogP contribution in [0.2, 0.25) is 0 Å². The first-order chi connectivity index (χ1) is 12.2. The second kappa shape index (κ2) is 8.70. The molecule has 3 rings (SSSR count). The molecule has 0 radical (unpaired) electrons. The molecule has 1 fully saturated rings. The van der Waals surface area contributed by atoms with E-state index in [0.29, 0.717) is 11.9 Å². The monoisotopic (exact) mass is 339 g/mol. The largest absolute Gasteiger partial charge is 0.372 e. The van der Waals surface area contributed by atoms with Crippen molar-refractivity contribution in [2.75, 3.05) is 35.2 Å². The molecule has 0 atom stereocenters. The quantitative estimate of drug-likeness (QED) is 0.768. The molecule has 1 aromatic heterocycles. The molecular weight excluding hydrogens is 310 g/mol. The lowest BCUT2D eigenvalue weighted by Gasteiger charge is -2.28. The molecule has 1 aliphatic rings. The van der Waals surface area contributed by atoms with Crippen molar-refractivity contribution in [1.82, 2.24) is 9.97 Å². The predicted molar refractivity (Wildman–Crippen MR) is 106 cm³/mol. The smallest absolute Gasteiger partial charge is 0.229 e. The first-order valence-corrected chi connectivity index (χ1v) is 9.39. The van der Waals surface area contributed by atoms with Crippen LogP contribution in [-0.4, -0.2) is 29.6 Å². The molecule has 2 N–H and O–H groups in total. The van der Waals surface area contributed by atoms with E-state index in [4.69, 9.17) is 0 Å². The number of rotatable bonds is 7. The zero-order chi connectivity index (χ0) is 17.5. The Hall–Kier alpha value is -2.30. The van der Waals surface area contributed by atoms with Crippen LogP contribution >= 0.6 is 0 Å². The maximum Gasteiger partial charge on any atom is 0.229 e. The van der Waals surface area contributed by atoms with Crippen molar-refractivity contribution in [3.63, 3.8) is 0 Å². The Bertz CT molecular complexity index is 647. The minimum atomic E-state index is 0.625. The van der Waals surface area contributed by atoms with Crippen molar-refractivity contribution >= 4 is 23.1 Å². The fraction of sp³-hybridized carbons (Fsp3) is 0.500. The van der Waals surface area contributed by atoms with Crippen LogP contribution in [0.1, 0.15) is 39.5 Å². The Balaban J connectivity index is 1.58. The van der Waals surface area contributed by atoms with Crippen LogP contribution in [0.25, 0.3) is 0 Å². The molecular formula is C20H29N5. The Labute approximate surface area is 150 Å². The second-order valence-corrected chi connectivity index (χ2v) is 7.09. The van der Waals surface area contributed by atoms with Gasteiger partial charge in [0.05, 0.1) is 0 Å². The van der Waals surface area contributed by atoms with Gasteiger partial charge in [-0.05, 0) is 61.9 Å². The summed E-state index contributed by atoms with van der Waals surface area (Å²) in [6.07, 6.45) is 6.86. The van der Waals surface area contributed by atoms with Crippen LogP contribution in [0.3, 0.4) is 0 Å². The van der Waals surface area contributed by atoms with Crippen molar-refractivity contribution < 1.29 is 0 Å². The summed E-state index contributed by atoms with van der Waals surface area (Å²) in [5.74, 6) is 2.17. The Morgan fingerprint density at radius 1 is 1.04 bits per heavy atom. The predicted octanol–water partition coefficient (Wildman–Crippen LogP) is 4.67. The van der Waals surface area contributed by atoms with Gasteiger partial charge in [0.1, 0.15) is 5.82 Å². The standard InChI is InChI=1S/C20H29N5/c1-16(2)10-12-21-19-11-13-22-20(24-19)23-17-6-8-18(9-7-17)25-14-4-3-5-15-25/h6-9,11,13,16H,3-5,10,12,14-15H2,1-2H3,(H2,21,22,23,24). The molecule has 134 valence electrons. The van der Waals surface area contributed by atoms with Gasteiger partial charge >= 0.3 is 0 Å². The van der Waals surface area contributed by atoms with Crippen molar-refractivity contribution in [1.29, 1.82) is 0 Å². The first-order valence-electron chi connectivity index (χ1n) is 9.39. The van der Waals surface area contributed by atoms with E-state index in [2.05, 4.69) is 63.6 Å². The van der Waals surface area contributed by atoms with Crippen molar-refractivity contribution in [3.05, 3.63) is 36.5 Å². The van der Waals surface area contributed by atoms with Gasteiger partial charge in [0.2, 0.25) is 5.95 Å². The summed E-state index contributed by atoms with van der Waals surface area (Å²) in [4.78, 5) is 11.3. The molecule has 0 amide bonds. The Morgan fingerprint density at radius 3 is 2.52 bits per heavy atom. The number of hydrogen-bond acceptors (Lipinski definition) is 5. The van der Waals surface area contributed by atoms with Crippen molar-refractivity contribution in [2.24, 2.45) is 5.92 Å². The number of nitrogens with one attached hydrogen (secondary N) is 2. The summed E-state index contributed by atoms with van der Waals surface area (Å²) in [7, 11) is 0. The van der Waals surface area contributed by atoms with Crippen LogP contribution in [0.5, 0.6) is 0 Å². The van der Waals surface area contributed by atoms with E-state index in [1.807, 2.05) is 6.07 Å². The summed E-state index contributed by atoms with van der Waals surface area (Å²) < 4.78 is 0. The lowest BCUT2D eigenvalue weighted by Crippen LogP contribution is -2.29. The second-order valence-electron chi connectivity index (χ2n) is 7.09. The average molecular weight is 339 g/mol. The molecule has 1 aliphatic heterocycles. The number of hydrogen-bond donors (Lipinski definition) is 2. The highest BCUT2D eigenvalue weighted by molar-refractivity contribution is 5.60. The average Bonchev–Trinajstić information content (AvgIpc) is 2.63. The Morgan fingerprint density at radius 2 is 1.80 bits per heavy atom. The fourth-order valence-electron chi connectivity index (χ4n) is 3.04. The van der Waals surface area contributed by atoms with E-state index in [9.17, 15) is 0 Å². The van der Waals surface area contributed by atoms with Gasteiger partial charge in [-0.3, -0.25) is 0 Å². The van der Waals surface area contributed by atoms with Gasteiger partial charge in [0.15, 0.2) is 0 Å². The lowest BCUT2D eigenvalue weighted by molar-refractivity contribution is 0.578. The summed E-state index contributed by atoms with van der Waals surface area (Å²) in [5, 5.41) is 6.65. The molecule has 0 bridgehead atoms. The van der Waals surface area contributed by atoms with Gasteiger partial charge in [-0.2, -0.15) is 4.98 Å². The summed E-state index contributed by atoms with van der Waals surface area (Å²) in [5.41, 5.74) is 2.32. The third-order valence-corrected chi connectivity index (χ3v) is 4.53. The van der Waals surface area contributed by atoms with Gasteiger partial charge in [0, 0.05) is 37.2 Å². The van der Waals surface area contributed by atoms with Gasteiger partial charge in [-0.1, -0.05) is 13.8 Å². The van der Waals surface area contributed by atoms with Gasteiger partial charge < -0.3 is 15.5 Å². The van der Waals surface area contributed by atoms with Crippen LogP contribution < -0.4 is 15.5 Å². The minimum absolute atomic E-state index is 0.625. The molecule has 0 unspecified atom stereocenters. The van der Waals surface area contributed by atoms with Crippen LogP contribution in [0.4, 0.5) is 23.1 Å². The molecule has 1 saturated heterocycles. The number of nitrogens with zero attached hydrogens (tertiary/aromatic N) is 3. The molecule has 2 aromatic rings. The molecule has 5 heteroatoms. The van der Waals surface area contributed by atoms with E-state index >= 15 is 0 Å². The van der Waals surface area contributed by atoms with Crippen molar-refractivity contribution in [2.45, 2.75) is 39.5 Å². The number of benzene rings is 1. The molecule has 1 aromatic carbocycles. The van der Waals surface area contributed by atoms with Crippen LogP contribution in [0, 0.1) is 5.92 Å². The normalized spacial score (nSPS) is 14.6. The zero-order valence-electron chi connectivity index (χ0n) is 15.3. The van der Waals surface area contributed by atoms with E-state index in [1.54, 1.807) is 6.20 Å². The minimum Gasteiger partial charge on any atom is -0.372 e. The zero-order valence-corrected chi connectivity index (χ0v) is 15.3. The maximum absolute atomic E-state index is 4.53.